The van der Waals surface area contributed by atoms with Gasteiger partial charge in [0.1, 0.15) is 6.61 Å². The van der Waals surface area contributed by atoms with E-state index in [1.54, 1.807) is 6.08 Å². The molecule has 5 heteroatoms. The highest BCUT2D eigenvalue weighted by Gasteiger charge is 2.37. The second-order valence-corrected chi connectivity index (χ2v) is 4.66. The van der Waals surface area contributed by atoms with Gasteiger partial charge in [-0.2, -0.15) is 0 Å². The van der Waals surface area contributed by atoms with Crippen LogP contribution in [0.3, 0.4) is 0 Å². The van der Waals surface area contributed by atoms with E-state index in [1.165, 1.54) is 4.90 Å². The van der Waals surface area contributed by atoms with Crippen LogP contribution in [0.1, 0.15) is 26.2 Å². The predicted molar refractivity (Wildman–Crippen MR) is 73.6 cm³/mol. The number of ether oxygens (including phenoxy) is 1. The van der Waals surface area contributed by atoms with Crippen molar-refractivity contribution in [3.8, 4) is 0 Å². The molecule has 4 nitrogen and oxygen atoms in total. The first-order chi connectivity index (χ1) is 8.63. The van der Waals surface area contributed by atoms with E-state index in [1.807, 2.05) is 0 Å². The molecule has 0 aliphatic carbocycles. The van der Waals surface area contributed by atoms with E-state index in [0.29, 0.717) is 6.42 Å². The number of nitrogens with zero attached hydrogens (tertiary/aromatic N) is 1. The SMILES string of the molecule is C=C/C(=C\CCC)CC1COC(=O)N1C(=O)CBr. The molecule has 2 amide bonds. The molecule has 1 heterocycles. The Hall–Kier alpha value is -1.10. The van der Waals surface area contributed by atoms with Gasteiger partial charge in [0.2, 0.25) is 5.91 Å². The van der Waals surface area contributed by atoms with E-state index in [0.717, 1.165) is 18.4 Å². The fourth-order valence-corrected chi connectivity index (χ4v) is 2.10. The van der Waals surface area contributed by atoms with Crippen LogP contribution in [0.2, 0.25) is 0 Å². The maximum absolute atomic E-state index is 11.7. The molecule has 0 aromatic rings. The van der Waals surface area contributed by atoms with E-state index in [4.69, 9.17) is 4.74 Å². The highest BCUT2D eigenvalue weighted by molar-refractivity contribution is 9.09. The fraction of sp³-hybridized carbons (Fsp3) is 0.538. The third-order valence-electron chi connectivity index (χ3n) is 2.77. The number of imide groups is 1. The van der Waals surface area contributed by atoms with Crippen molar-refractivity contribution in [1.82, 2.24) is 4.90 Å². The Labute approximate surface area is 116 Å². The van der Waals surface area contributed by atoms with Crippen LogP contribution in [0.15, 0.2) is 24.3 Å². The molecule has 0 bridgehead atoms. The zero-order valence-electron chi connectivity index (χ0n) is 10.5. The number of carbonyl (C=O) groups is 2. The number of allylic oxidation sites excluding steroid dienone is 2. The van der Waals surface area contributed by atoms with E-state index < -0.39 is 6.09 Å². The highest BCUT2D eigenvalue weighted by atomic mass is 79.9. The maximum atomic E-state index is 11.7. The summed E-state index contributed by atoms with van der Waals surface area (Å²) in [5.41, 5.74) is 1.05. The van der Waals surface area contributed by atoms with Gasteiger partial charge in [0.15, 0.2) is 0 Å². The first-order valence-electron chi connectivity index (χ1n) is 6.00. The van der Waals surface area contributed by atoms with Gasteiger partial charge in [-0.15, -0.1) is 0 Å². The third kappa shape index (κ3) is 3.70. The Morgan fingerprint density at radius 2 is 2.39 bits per heavy atom. The van der Waals surface area contributed by atoms with Gasteiger partial charge in [-0.1, -0.05) is 53.6 Å². The molecule has 1 atom stereocenters. The smallest absolute Gasteiger partial charge is 0.417 e. The molecule has 0 radical (unpaired) electrons. The molecule has 0 aromatic carbocycles. The summed E-state index contributed by atoms with van der Waals surface area (Å²) in [7, 11) is 0. The average Bonchev–Trinajstić information content (AvgIpc) is 2.74. The lowest BCUT2D eigenvalue weighted by Crippen LogP contribution is -2.39. The van der Waals surface area contributed by atoms with Gasteiger partial charge in [-0.05, 0) is 12.8 Å². The van der Waals surface area contributed by atoms with Crippen molar-refractivity contribution in [2.75, 3.05) is 11.9 Å². The number of rotatable bonds is 6. The monoisotopic (exact) mass is 315 g/mol. The number of carbonyl (C=O) groups excluding carboxylic acids is 2. The van der Waals surface area contributed by atoms with Crippen LogP contribution in [0.25, 0.3) is 0 Å². The molecule has 0 saturated carbocycles. The summed E-state index contributed by atoms with van der Waals surface area (Å²) in [6, 6.07) is -0.219. The summed E-state index contributed by atoms with van der Waals surface area (Å²) >= 11 is 3.07. The van der Waals surface area contributed by atoms with Crippen LogP contribution in [-0.4, -0.2) is 34.9 Å². The molecule has 18 heavy (non-hydrogen) atoms. The first kappa shape index (κ1) is 15.0. The molecule has 1 fully saturated rings. The molecule has 1 aliphatic heterocycles. The summed E-state index contributed by atoms with van der Waals surface area (Å²) in [5, 5.41) is 0.126. The zero-order valence-corrected chi connectivity index (χ0v) is 12.1. The largest absolute Gasteiger partial charge is 0.447 e. The average molecular weight is 316 g/mol. The van der Waals surface area contributed by atoms with E-state index >= 15 is 0 Å². The van der Waals surface area contributed by atoms with Crippen molar-refractivity contribution in [2.45, 2.75) is 32.2 Å². The van der Waals surface area contributed by atoms with Gasteiger partial charge in [-0.25, -0.2) is 9.69 Å². The number of alkyl halides is 1. The lowest BCUT2D eigenvalue weighted by atomic mass is 10.0. The van der Waals surface area contributed by atoms with Gasteiger partial charge < -0.3 is 4.74 Å². The summed E-state index contributed by atoms with van der Waals surface area (Å²) in [5.74, 6) is -0.263. The van der Waals surface area contributed by atoms with Crippen molar-refractivity contribution < 1.29 is 14.3 Å². The second kappa shape index (κ2) is 7.36. The van der Waals surface area contributed by atoms with Gasteiger partial charge in [0.25, 0.3) is 0 Å². The summed E-state index contributed by atoms with van der Waals surface area (Å²) in [4.78, 5) is 24.3. The van der Waals surface area contributed by atoms with E-state index in [-0.39, 0.29) is 23.9 Å². The second-order valence-electron chi connectivity index (χ2n) is 4.10. The van der Waals surface area contributed by atoms with Gasteiger partial charge in [0.05, 0.1) is 11.4 Å². The number of unbranched alkanes of at least 4 members (excludes halogenated alkanes) is 1. The summed E-state index contributed by atoms with van der Waals surface area (Å²) in [6.07, 6.45) is 5.94. The van der Waals surface area contributed by atoms with Crippen molar-refractivity contribution in [3.63, 3.8) is 0 Å². The van der Waals surface area contributed by atoms with Gasteiger partial charge >= 0.3 is 6.09 Å². The molecular weight excluding hydrogens is 298 g/mol. The zero-order chi connectivity index (χ0) is 13.5. The van der Waals surface area contributed by atoms with E-state index in [2.05, 4.69) is 35.5 Å². The minimum absolute atomic E-state index is 0.126. The summed E-state index contributed by atoms with van der Waals surface area (Å²) in [6.45, 7) is 6.11. The van der Waals surface area contributed by atoms with Crippen LogP contribution in [0.5, 0.6) is 0 Å². The lowest BCUT2D eigenvalue weighted by Gasteiger charge is -2.19. The van der Waals surface area contributed by atoms with Gasteiger partial charge in [-0.3, -0.25) is 4.79 Å². The minimum atomic E-state index is -0.552. The third-order valence-corrected chi connectivity index (χ3v) is 3.25. The predicted octanol–water partition coefficient (Wildman–Crippen LogP) is 3.03. The van der Waals surface area contributed by atoms with Crippen molar-refractivity contribution in [1.29, 1.82) is 0 Å². The number of cyclic esters (lactones) is 1. The standard InChI is InChI=1S/C13H18BrNO3/c1-3-5-6-10(4-2)7-11-9-18-13(17)15(11)12(16)8-14/h4,6,11H,2-3,5,7-9H2,1H3/b10-6+. The lowest BCUT2D eigenvalue weighted by molar-refractivity contribution is -0.126. The number of amides is 2. The van der Waals surface area contributed by atoms with Crippen molar-refractivity contribution in [3.05, 3.63) is 24.3 Å². The molecule has 1 saturated heterocycles. The Morgan fingerprint density at radius 1 is 1.67 bits per heavy atom. The normalized spacial score (nSPS) is 19.9. The number of hydrogen-bond donors (Lipinski definition) is 0. The van der Waals surface area contributed by atoms with Crippen LogP contribution in [0, 0.1) is 0 Å². The Bertz CT molecular complexity index is 365. The Balaban J connectivity index is 2.73. The first-order valence-corrected chi connectivity index (χ1v) is 7.12. The van der Waals surface area contributed by atoms with E-state index in [9.17, 15) is 9.59 Å². The van der Waals surface area contributed by atoms with Crippen molar-refractivity contribution in [2.24, 2.45) is 0 Å². The summed E-state index contributed by atoms with van der Waals surface area (Å²) < 4.78 is 4.93. The van der Waals surface area contributed by atoms with Crippen LogP contribution >= 0.6 is 15.9 Å². The molecule has 100 valence electrons. The number of hydrogen-bond acceptors (Lipinski definition) is 3. The highest BCUT2D eigenvalue weighted by Crippen LogP contribution is 2.21. The quantitative estimate of drug-likeness (QED) is 0.559. The fourth-order valence-electron chi connectivity index (χ4n) is 1.83. The van der Waals surface area contributed by atoms with Crippen LogP contribution < -0.4 is 0 Å². The molecule has 1 aliphatic rings. The molecule has 1 unspecified atom stereocenters. The maximum Gasteiger partial charge on any atom is 0.417 e. The molecule has 0 N–H and O–H groups in total. The number of halogens is 1. The van der Waals surface area contributed by atoms with Crippen molar-refractivity contribution >= 4 is 27.9 Å². The Kier molecular flexibility index (Phi) is 6.12. The van der Waals surface area contributed by atoms with Crippen LogP contribution in [0.4, 0.5) is 4.79 Å². The molecule has 1 rings (SSSR count). The van der Waals surface area contributed by atoms with Gasteiger partial charge in [0, 0.05) is 0 Å². The molecular formula is C13H18BrNO3. The minimum Gasteiger partial charge on any atom is -0.447 e. The topological polar surface area (TPSA) is 46.6 Å². The Morgan fingerprint density at radius 3 is 2.94 bits per heavy atom. The molecule has 0 aromatic heterocycles. The van der Waals surface area contributed by atoms with Crippen LogP contribution in [-0.2, 0) is 9.53 Å². The molecule has 0 spiro atoms.